The van der Waals surface area contributed by atoms with Gasteiger partial charge in [-0.25, -0.2) is 4.79 Å². The van der Waals surface area contributed by atoms with Crippen LogP contribution < -0.4 is 11.1 Å². The number of rotatable bonds is 17. The summed E-state index contributed by atoms with van der Waals surface area (Å²) in [4.78, 5) is 70.7. The molecular formula is C26H46N8O11. The Morgan fingerprint density at radius 1 is 0.711 bits per heavy atom. The van der Waals surface area contributed by atoms with Gasteiger partial charge < -0.3 is 35.8 Å². The van der Waals surface area contributed by atoms with Gasteiger partial charge in [0.25, 0.3) is 0 Å². The minimum absolute atomic E-state index is 0.111. The van der Waals surface area contributed by atoms with E-state index < -0.39 is 71.9 Å². The Morgan fingerprint density at radius 2 is 1.13 bits per heavy atom. The van der Waals surface area contributed by atoms with Crippen LogP contribution in [0.4, 0.5) is 0 Å². The van der Waals surface area contributed by atoms with Crippen molar-refractivity contribution in [2.24, 2.45) is 16.0 Å². The molecule has 2 atom stereocenters. The van der Waals surface area contributed by atoms with Crippen molar-refractivity contribution in [1.29, 1.82) is 0 Å². The van der Waals surface area contributed by atoms with Crippen LogP contribution in [0.5, 0.6) is 0 Å². The van der Waals surface area contributed by atoms with Crippen LogP contribution in [0.25, 0.3) is 20.9 Å². The maximum absolute atomic E-state index is 11.9. The monoisotopic (exact) mass is 646 g/mol. The molecule has 0 radical (unpaired) electrons. The number of carboxylic acids is 3. The first-order valence-electron chi connectivity index (χ1n) is 13.8. The van der Waals surface area contributed by atoms with Crippen molar-refractivity contribution < 1.29 is 53.6 Å². The summed E-state index contributed by atoms with van der Waals surface area (Å²) >= 11 is 0. The summed E-state index contributed by atoms with van der Waals surface area (Å²) in [5.41, 5.74) is 19.8. The molecule has 0 rings (SSSR count). The lowest BCUT2D eigenvalue weighted by molar-refractivity contribution is -0.161. The number of amides is 1. The Hall–Kier alpha value is -4.60. The summed E-state index contributed by atoms with van der Waals surface area (Å²) < 4.78 is 9.96. The summed E-state index contributed by atoms with van der Waals surface area (Å²) in [6.07, 6.45) is 1.55. The van der Waals surface area contributed by atoms with E-state index in [4.69, 9.17) is 41.6 Å². The van der Waals surface area contributed by atoms with E-state index in [9.17, 15) is 28.8 Å². The molecule has 0 aromatic rings. The van der Waals surface area contributed by atoms with Crippen molar-refractivity contribution in [2.45, 2.75) is 116 Å². The highest BCUT2D eigenvalue weighted by atomic mass is 16.6. The smallest absolute Gasteiger partial charge is 0.329 e. The van der Waals surface area contributed by atoms with Gasteiger partial charge in [0.1, 0.15) is 23.3 Å². The third-order valence-corrected chi connectivity index (χ3v) is 4.45. The van der Waals surface area contributed by atoms with Crippen molar-refractivity contribution in [2.75, 3.05) is 13.1 Å². The van der Waals surface area contributed by atoms with Gasteiger partial charge in [-0.15, -0.1) is 0 Å². The van der Waals surface area contributed by atoms with E-state index in [1.54, 1.807) is 41.5 Å². The molecule has 0 aliphatic rings. The highest BCUT2D eigenvalue weighted by Crippen LogP contribution is 2.11. The second-order valence-electron chi connectivity index (χ2n) is 11.2. The quantitative estimate of drug-likeness (QED) is 0.0498. The standard InChI is InChI=1S/C13H22N4O5.C8H15NO4.C5H9N3O2/c1-13(2,3)22-12(21)9(8-11(19)20)16-10(18)6-4-5-7-15-17-14;1-8(2,3)13-7(12)5(9)4-6(10)11;6-8-7-4-2-1-3-5(9)10/h9H,4-8H2,1-3H3,(H,16,18)(H,19,20);5H,4,9H2,1-3H3,(H,10,11);1-4H2,(H,9,10)/t9-;5-;/m00./s1. The highest BCUT2D eigenvalue weighted by molar-refractivity contribution is 5.87. The predicted octanol–water partition coefficient (Wildman–Crippen LogP) is 3.45. The van der Waals surface area contributed by atoms with Crippen LogP contribution in [0, 0.1) is 0 Å². The van der Waals surface area contributed by atoms with Crippen LogP contribution in [0.2, 0.25) is 0 Å². The van der Waals surface area contributed by atoms with Crippen molar-refractivity contribution >= 4 is 35.8 Å². The zero-order chi connectivity index (χ0) is 35.6. The fourth-order valence-electron chi connectivity index (χ4n) is 2.67. The van der Waals surface area contributed by atoms with Crippen LogP contribution >= 0.6 is 0 Å². The lowest BCUT2D eigenvalue weighted by Gasteiger charge is -2.23. The summed E-state index contributed by atoms with van der Waals surface area (Å²) in [6.45, 7) is 10.7. The normalized spacial score (nSPS) is 11.6. The van der Waals surface area contributed by atoms with Gasteiger partial charge in [0.15, 0.2) is 0 Å². The number of hydrogen-bond donors (Lipinski definition) is 5. The molecule has 0 bridgehead atoms. The average molecular weight is 647 g/mol. The van der Waals surface area contributed by atoms with Gasteiger partial charge in [0.05, 0.1) is 12.8 Å². The van der Waals surface area contributed by atoms with Gasteiger partial charge in [-0.3, -0.25) is 24.0 Å². The number of carbonyl (C=O) groups is 6. The van der Waals surface area contributed by atoms with Crippen LogP contribution in [0.3, 0.4) is 0 Å². The van der Waals surface area contributed by atoms with Gasteiger partial charge in [-0.05, 0) is 78.3 Å². The number of nitrogens with zero attached hydrogens (tertiary/aromatic N) is 6. The van der Waals surface area contributed by atoms with E-state index in [0.717, 1.165) is 0 Å². The van der Waals surface area contributed by atoms with Crippen LogP contribution in [0.15, 0.2) is 10.2 Å². The maximum atomic E-state index is 11.9. The Bertz CT molecular complexity index is 1050. The van der Waals surface area contributed by atoms with E-state index in [-0.39, 0.29) is 19.4 Å². The fourth-order valence-corrected chi connectivity index (χ4v) is 2.67. The molecule has 19 heteroatoms. The zero-order valence-corrected chi connectivity index (χ0v) is 26.6. The molecule has 0 heterocycles. The second kappa shape index (κ2) is 24.8. The molecule has 0 fully saturated rings. The number of carboxylic acid groups (broad SMARTS) is 3. The minimum atomic E-state index is -1.22. The van der Waals surface area contributed by atoms with Gasteiger partial charge in [0, 0.05) is 35.8 Å². The van der Waals surface area contributed by atoms with Crippen molar-refractivity contribution in [3.05, 3.63) is 20.9 Å². The van der Waals surface area contributed by atoms with Gasteiger partial charge in [-0.2, -0.15) is 0 Å². The number of aliphatic carboxylic acids is 3. The number of nitrogens with two attached hydrogens (primary N) is 1. The van der Waals surface area contributed by atoms with Gasteiger partial charge in [0.2, 0.25) is 5.91 Å². The molecule has 0 saturated heterocycles. The number of hydrogen-bond acceptors (Lipinski definition) is 11. The third kappa shape index (κ3) is 35.5. The number of esters is 2. The first-order valence-corrected chi connectivity index (χ1v) is 13.8. The molecule has 19 nitrogen and oxygen atoms in total. The molecule has 0 aromatic carbocycles. The predicted molar refractivity (Wildman–Crippen MR) is 159 cm³/mol. The topological polar surface area (TPSA) is 317 Å². The molecule has 1 amide bonds. The van der Waals surface area contributed by atoms with Gasteiger partial charge in [-0.1, -0.05) is 10.2 Å². The maximum Gasteiger partial charge on any atom is 0.329 e. The summed E-state index contributed by atoms with van der Waals surface area (Å²) in [7, 11) is 0. The highest BCUT2D eigenvalue weighted by Gasteiger charge is 2.28. The molecule has 0 aromatic heterocycles. The molecule has 256 valence electrons. The number of ether oxygens (including phenoxy) is 2. The Morgan fingerprint density at radius 3 is 1.51 bits per heavy atom. The Kier molecular flexibility index (Phi) is 24.7. The average Bonchev–Trinajstić information content (AvgIpc) is 2.86. The van der Waals surface area contributed by atoms with E-state index >= 15 is 0 Å². The largest absolute Gasteiger partial charge is 0.481 e. The fraction of sp³-hybridized carbons (Fsp3) is 0.769. The number of azide groups is 2. The summed E-state index contributed by atoms with van der Waals surface area (Å²) in [6, 6.07) is -2.31. The third-order valence-electron chi connectivity index (χ3n) is 4.45. The van der Waals surface area contributed by atoms with E-state index in [0.29, 0.717) is 32.2 Å². The molecule has 45 heavy (non-hydrogen) atoms. The molecule has 0 saturated carbocycles. The number of carbonyl (C=O) groups excluding carboxylic acids is 3. The zero-order valence-electron chi connectivity index (χ0n) is 26.6. The Labute approximate surface area is 261 Å². The SMILES string of the molecule is CC(C)(C)OC(=O)[C@@H](N)CC(=O)O.CC(C)(C)OC(=O)[C@H](CC(=O)O)NC(=O)CCCCN=[N+]=[N-].[N-]=[N+]=NCCCCC(=O)O. The van der Waals surface area contributed by atoms with E-state index in [1.807, 2.05) is 0 Å². The van der Waals surface area contributed by atoms with Crippen molar-refractivity contribution in [1.82, 2.24) is 5.32 Å². The minimum Gasteiger partial charge on any atom is -0.481 e. The lowest BCUT2D eigenvalue weighted by Crippen LogP contribution is -2.45. The number of unbranched alkanes of at least 4 members (excludes halogenated alkanes) is 2. The van der Waals surface area contributed by atoms with Crippen molar-refractivity contribution in [3.8, 4) is 0 Å². The second-order valence-corrected chi connectivity index (χ2v) is 11.2. The van der Waals surface area contributed by atoms with Gasteiger partial charge >= 0.3 is 29.8 Å². The van der Waals surface area contributed by atoms with Crippen LogP contribution in [-0.4, -0.2) is 87.4 Å². The number of nitrogens with one attached hydrogen (secondary N) is 1. The molecule has 0 aliphatic carbocycles. The molecule has 6 N–H and O–H groups in total. The summed E-state index contributed by atoms with van der Waals surface area (Å²) in [5.74, 6) is -5.04. The lowest BCUT2D eigenvalue weighted by atomic mass is 10.1. The van der Waals surface area contributed by atoms with Crippen LogP contribution in [0.1, 0.15) is 92.9 Å². The van der Waals surface area contributed by atoms with Crippen LogP contribution in [-0.2, 0) is 38.2 Å². The molecule has 0 unspecified atom stereocenters. The molecule has 0 aliphatic heterocycles. The first-order chi connectivity index (χ1) is 20.6. The Balaban J connectivity index is -0.000000649. The molecular weight excluding hydrogens is 600 g/mol. The van der Waals surface area contributed by atoms with Crippen molar-refractivity contribution in [3.63, 3.8) is 0 Å². The summed E-state index contributed by atoms with van der Waals surface area (Å²) in [5, 5.41) is 34.3. The molecule has 0 spiro atoms. The van der Waals surface area contributed by atoms with E-state index in [1.165, 1.54) is 0 Å². The first kappa shape index (κ1) is 44.8. The van der Waals surface area contributed by atoms with E-state index in [2.05, 4.69) is 25.4 Å².